The standard InChI is InChI=1S/C14H22N2O3S/c1-4-12-9-16(7-8-19-12)20(17,18)14-10(2)5-6-13(15)11(14)3/h5-6,12H,4,7-9,15H2,1-3H3. The van der Waals surface area contributed by atoms with Crippen LogP contribution in [-0.4, -0.2) is 38.5 Å². The topological polar surface area (TPSA) is 72.6 Å². The summed E-state index contributed by atoms with van der Waals surface area (Å²) in [7, 11) is -3.52. The van der Waals surface area contributed by atoms with Gasteiger partial charge in [-0.1, -0.05) is 13.0 Å². The van der Waals surface area contributed by atoms with E-state index in [4.69, 9.17) is 10.5 Å². The zero-order valence-electron chi connectivity index (χ0n) is 12.2. The van der Waals surface area contributed by atoms with Gasteiger partial charge in [-0.05, 0) is 37.5 Å². The van der Waals surface area contributed by atoms with Crippen LogP contribution in [0, 0.1) is 13.8 Å². The highest BCUT2D eigenvalue weighted by atomic mass is 32.2. The molecule has 0 bridgehead atoms. The number of ether oxygens (including phenoxy) is 1. The van der Waals surface area contributed by atoms with Crippen LogP contribution in [0.15, 0.2) is 17.0 Å². The van der Waals surface area contributed by atoms with Crippen LogP contribution >= 0.6 is 0 Å². The first-order chi connectivity index (χ1) is 9.37. The average Bonchev–Trinajstić information content (AvgIpc) is 2.43. The second-order valence-electron chi connectivity index (χ2n) is 5.19. The van der Waals surface area contributed by atoms with Gasteiger partial charge < -0.3 is 10.5 Å². The number of nitrogens with zero attached hydrogens (tertiary/aromatic N) is 1. The summed E-state index contributed by atoms with van der Waals surface area (Å²) < 4.78 is 32.8. The lowest BCUT2D eigenvalue weighted by molar-refractivity contribution is -0.00279. The molecule has 1 fully saturated rings. The Balaban J connectivity index is 2.43. The Morgan fingerprint density at radius 1 is 1.40 bits per heavy atom. The first-order valence-electron chi connectivity index (χ1n) is 6.85. The largest absolute Gasteiger partial charge is 0.398 e. The monoisotopic (exact) mass is 298 g/mol. The summed E-state index contributed by atoms with van der Waals surface area (Å²) in [5.74, 6) is 0. The number of nitrogens with two attached hydrogens (primary N) is 1. The van der Waals surface area contributed by atoms with Crippen molar-refractivity contribution in [1.82, 2.24) is 4.31 Å². The lowest BCUT2D eigenvalue weighted by Gasteiger charge is -2.32. The number of nitrogen functional groups attached to an aromatic ring is 1. The van der Waals surface area contributed by atoms with Crippen LogP contribution in [0.3, 0.4) is 0 Å². The van der Waals surface area contributed by atoms with E-state index in [1.807, 2.05) is 6.92 Å². The third kappa shape index (κ3) is 2.68. The van der Waals surface area contributed by atoms with Gasteiger partial charge >= 0.3 is 0 Å². The minimum atomic E-state index is -3.52. The van der Waals surface area contributed by atoms with Crippen molar-refractivity contribution in [1.29, 1.82) is 0 Å². The summed E-state index contributed by atoms with van der Waals surface area (Å²) in [4.78, 5) is 0.342. The number of benzene rings is 1. The molecular weight excluding hydrogens is 276 g/mol. The maximum Gasteiger partial charge on any atom is 0.243 e. The molecule has 1 aromatic rings. The molecule has 2 rings (SSSR count). The Hall–Kier alpha value is -1.11. The van der Waals surface area contributed by atoms with Crippen molar-refractivity contribution >= 4 is 15.7 Å². The van der Waals surface area contributed by atoms with Crippen molar-refractivity contribution < 1.29 is 13.2 Å². The highest BCUT2D eigenvalue weighted by Gasteiger charge is 2.32. The van der Waals surface area contributed by atoms with Crippen LogP contribution < -0.4 is 5.73 Å². The van der Waals surface area contributed by atoms with Crippen LogP contribution in [0.4, 0.5) is 5.69 Å². The molecule has 2 N–H and O–H groups in total. The molecule has 0 radical (unpaired) electrons. The van der Waals surface area contributed by atoms with E-state index < -0.39 is 10.0 Å². The fourth-order valence-electron chi connectivity index (χ4n) is 2.53. The molecule has 1 atom stereocenters. The van der Waals surface area contributed by atoms with Gasteiger partial charge in [-0.25, -0.2) is 8.42 Å². The van der Waals surface area contributed by atoms with E-state index in [0.29, 0.717) is 35.8 Å². The maximum atomic E-state index is 12.9. The summed E-state index contributed by atoms with van der Waals surface area (Å²) in [5.41, 5.74) is 7.73. The van der Waals surface area contributed by atoms with Gasteiger partial charge in [-0.15, -0.1) is 0 Å². The first kappa shape index (κ1) is 15.3. The summed E-state index contributed by atoms with van der Waals surface area (Å²) in [6.45, 7) is 6.80. The van der Waals surface area contributed by atoms with E-state index in [1.54, 1.807) is 26.0 Å². The third-order valence-electron chi connectivity index (χ3n) is 3.80. The number of hydrogen-bond acceptors (Lipinski definition) is 4. The van der Waals surface area contributed by atoms with Gasteiger partial charge in [-0.3, -0.25) is 0 Å². The molecule has 1 saturated heterocycles. The van der Waals surface area contributed by atoms with Crippen molar-refractivity contribution in [2.24, 2.45) is 0 Å². The van der Waals surface area contributed by atoms with Crippen LogP contribution in [0.2, 0.25) is 0 Å². The van der Waals surface area contributed by atoms with Crippen LogP contribution in [0.1, 0.15) is 24.5 Å². The zero-order chi connectivity index (χ0) is 14.9. The average molecular weight is 298 g/mol. The molecule has 112 valence electrons. The molecule has 5 nitrogen and oxygen atoms in total. The van der Waals surface area contributed by atoms with Gasteiger partial charge in [0.15, 0.2) is 0 Å². The van der Waals surface area contributed by atoms with E-state index in [9.17, 15) is 8.42 Å². The molecule has 0 saturated carbocycles. The second kappa shape index (κ2) is 5.71. The van der Waals surface area contributed by atoms with E-state index in [2.05, 4.69) is 0 Å². The highest BCUT2D eigenvalue weighted by molar-refractivity contribution is 7.89. The summed E-state index contributed by atoms with van der Waals surface area (Å²) >= 11 is 0. The predicted molar refractivity (Wildman–Crippen MR) is 79.1 cm³/mol. The predicted octanol–water partition coefficient (Wildman–Crippen LogP) is 1.69. The maximum absolute atomic E-state index is 12.9. The quantitative estimate of drug-likeness (QED) is 0.862. The van der Waals surface area contributed by atoms with Gasteiger partial charge in [0.25, 0.3) is 0 Å². The lowest BCUT2D eigenvalue weighted by atomic mass is 10.1. The summed E-state index contributed by atoms with van der Waals surface area (Å²) in [6, 6.07) is 3.50. The molecule has 1 heterocycles. The Kier molecular flexibility index (Phi) is 4.36. The Labute approximate surface area is 120 Å². The van der Waals surface area contributed by atoms with Gasteiger partial charge in [0.2, 0.25) is 10.0 Å². The zero-order valence-corrected chi connectivity index (χ0v) is 13.0. The second-order valence-corrected chi connectivity index (χ2v) is 7.06. The molecule has 1 unspecified atom stereocenters. The fourth-order valence-corrected chi connectivity index (χ4v) is 4.44. The molecule has 1 aromatic carbocycles. The normalized spacial score (nSPS) is 21.1. The van der Waals surface area contributed by atoms with Crippen LogP contribution in [0.25, 0.3) is 0 Å². The summed E-state index contributed by atoms with van der Waals surface area (Å²) in [5, 5.41) is 0. The molecule has 0 aliphatic carbocycles. The van der Waals surface area contributed by atoms with E-state index in [1.165, 1.54) is 4.31 Å². The first-order valence-corrected chi connectivity index (χ1v) is 8.29. The third-order valence-corrected chi connectivity index (χ3v) is 5.95. The fraction of sp³-hybridized carbons (Fsp3) is 0.571. The van der Waals surface area contributed by atoms with E-state index >= 15 is 0 Å². The Morgan fingerprint density at radius 3 is 2.75 bits per heavy atom. The van der Waals surface area contributed by atoms with Gasteiger partial charge in [0, 0.05) is 18.8 Å². The van der Waals surface area contributed by atoms with Gasteiger partial charge in [0.1, 0.15) is 0 Å². The van der Waals surface area contributed by atoms with Crippen molar-refractivity contribution in [3.63, 3.8) is 0 Å². The van der Waals surface area contributed by atoms with Gasteiger partial charge in [-0.2, -0.15) is 4.31 Å². The smallest absolute Gasteiger partial charge is 0.243 e. The Morgan fingerprint density at radius 2 is 2.10 bits per heavy atom. The SMILES string of the molecule is CCC1CN(S(=O)(=O)c2c(C)ccc(N)c2C)CCO1. The number of anilines is 1. The highest BCUT2D eigenvalue weighted by Crippen LogP contribution is 2.28. The van der Waals surface area contributed by atoms with Crippen molar-refractivity contribution in [3.8, 4) is 0 Å². The molecule has 0 amide bonds. The lowest BCUT2D eigenvalue weighted by Crippen LogP contribution is -2.45. The molecule has 1 aliphatic heterocycles. The number of morpholine rings is 1. The minimum Gasteiger partial charge on any atom is -0.398 e. The van der Waals surface area contributed by atoms with Crippen molar-refractivity contribution in [2.45, 2.75) is 38.2 Å². The van der Waals surface area contributed by atoms with Gasteiger partial charge in [0.05, 0.1) is 17.6 Å². The number of aryl methyl sites for hydroxylation is 1. The van der Waals surface area contributed by atoms with E-state index in [-0.39, 0.29) is 6.10 Å². The number of hydrogen-bond donors (Lipinski definition) is 1. The van der Waals surface area contributed by atoms with Crippen molar-refractivity contribution in [3.05, 3.63) is 23.3 Å². The Bertz CT molecular complexity index is 599. The molecule has 0 aromatic heterocycles. The minimum absolute atomic E-state index is 0.0276. The number of sulfonamides is 1. The molecule has 20 heavy (non-hydrogen) atoms. The van der Waals surface area contributed by atoms with E-state index in [0.717, 1.165) is 12.0 Å². The molecule has 6 heteroatoms. The van der Waals surface area contributed by atoms with Crippen molar-refractivity contribution in [2.75, 3.05) is 25.4 Å². The molecule has 1 aliphatic rings. The van der Waals surface area contributed by atoms with Crippen LogP contribution in [0.5, 0.6) is 0 Å². The molecule has 0 spiro atoms. The number of rotatable bonds is 3. The van der Waals surface area contributed by atoms with Crippen LogP contribution in [-0.2, 0) is 14.8 Å². The molecular formula is C14H22N2O3S. The summed E-state index contributed by atoms with van der Waals surface area (Å²) in [6.07, 6.45) is 0.779.